The van der Waals surface area contributed by atoms with Gasteiger partial charge in [0.2, 0.25) is 10.0 Å². The first kappa shape index (κ1) is 17.7. The lowest BCUT2D eigenvalue weighted by Gasteiger charge is -2.20. The summed E-state index contributed by atoms with van der Waals surface area (Å²) in [7, 11) is -3.56. The van der Waals surface area contributed by atoms with Crippen molar-refractivity contribution in [3.8, 4) is 0 Å². The van der Waals surface area contributed by atoms with Crippen LogP contribution in [0, 0.1) is 6.92 Å². The number of nitrogens with one attached hydrogen (secondary N) is 1. The molecule has 0 radical (unpaired) electrons. The van der Waals surface area contributed by atoms with Gasteiger partial charge in [0.15, 0.2) is 0 Å². The quantitative estimate of drug-likeness (QED) is 0.867. The summed E-state index contributed by atoms with van der Waals surface area (Å²) < 4.78 is 26.8. The summed E-state index contributed by atoms with van der Waals surface area (Å²) >= 11 is 1.43. The van der Waals surface area contributed by atoms with Crippen LogP contribution in [0.2, 0.25) is 0 Å². The third-order valence-electron chi connectivity index (χ3n) is 3.55. The van der Waals surface area contributed by atoms with Gasteiger partial charge in [-0.2, -0.15) is 15.6 Å². The Kier molecular flexibility index (Phi) is 5.56. The van der Waals surface area contributed by atoms with Crippen molar-refractivity contribution in [1.82, 2.24) is 4.31 Å². The second-order valence-electron chi connectivity index (χ2n) is 5.04. The van der Waals surface area contributed by atoms with Gasteiger partial charge >= 0.3 is 0 Å². The molecule has 7 heteroatoms. The van der Waals surface area contributed by atoms with Gasteiger partial charge in [0, 0.05) is 24.2 Å². The van der Waals surface area contributed by atoms with E-state index in [0.717, 1.165) is 0 Å². The van der Waals surface area contributed by atoms with Crippen LogP contribution in [0.4, 0.5) is 5.69 Å². The van der Waals surface area contributed by atoms with E-state index in [2.05, 4.69) is 5.32 Å². The number of amides is 1. The first-order valence-electron chi connectivity index (χ1n) is 7.34. The highest BCUT2D eigenvalue weighted by atomic mass is 32.2. The molecule has 0 aliphatic rings. The summed E-state index contributed by atoms with van der Waals surface area (Å²) in [5.41, 5.74) is 1.69. The summed E-state index contributed by atoms with van der Waals surface area (Å²) in [5.74, 6) is -0.249. The molecule has 1 amide bonds. The molecule has 124 valence electrons. The van der Waals surface area contributed by atoms with Crippen LogP contribution in [0.1, 0.15) is 29.8 Å². The maximum Gasteiger partial charge on any atom is 0.256 e. The molecule has 1 heterocycles. The third-order valence-corrected chi connectivity index (χ3v) is 6.43. The predicted molar refractivity (Wildman–Crippen MR) is 93.6 cm³/mol. The monoisotopic (exact) mass is 352 g/mol. The van der Waals surface area contributed by atoms with Gasteiger partial charge in [-0.05, 0) is 36.1 Å². The van der Waals surface area contributed by atoms with Crippen LogP contribution in [-0.2, 0) is 10.0 Å². The van der Waals surface area contributed by atoms with Crippen molar-refractivity contribution < 1.29 is 13.2 Å². The van der Waals surface area contributed by atoms with Crippen molar-refractivity contribution in [2.24, 2.45) is 0 Å². The smallest absolute Gasteiger partial charge is 0.256 e. The Morgan fingerprint density at radius 3 is 2.48 bits per heavy atom. The summed E-state index contributed by atoms with van der Waals surface area (Å²) in [6.45, 7) is 6.17. The van der Waals surface area contributed by atoms with Crippen LogP contribution < -0.4 is 5.32 Å². The molecule has 0 spiro atoms. The van der Waals surface area contributed by atoms with Crippen molar-refractivity contribution in [3.05, 3.63) is 46.2 Å². The Hall–Kier alpha value is -1.70. The molecule has 0 saturated heterocycles. The summed E-state index contributed by atoms with van der Waals surface area (Å²) in [6, 6.07) is 6.66. The maximum absolute atomic E-state index is 12.7. The lowest BCUT2D eigenvalue weighted by Crippen LogP contribution is -2.31. The SMILES string of the molecule is CCN(CC)S(=O)(=O)c1cc(NC(=O)c2ccsc2)ccc1C. The number of carbonyl (C=O) groups is 1. The van der Waals surface area contributed by atoms with E-state index in [-0.39, 0.29) is 10.8 Å². The highest BCUT2D eigenvalue weighted by Gasteiger charge is 2.24. The van der Waals surface area contributed by atoms with E-state index < -0.39 is 10.0 Å². The first-order chi connectivity index (χ1) is 10.9. The van der Waals surface area contributed by atoms with Crippen molar-refractivity contribution in [2.75, 3.05) is 18.4 Å². The van der Waals surface area contributed by atoms with Gasteiger partial charge in [-0.15, -0.1) is 0 Å². The van der Waals surface area contributed by atoms with Gasteiger partial charge in [0.05, 0.1) is 10.5 Å². The minimum atomic E-state index is -3.56. The van der Waals surface area contributed by atoms with E-state index in [1.165, 1.54) is 21.7 Å². The fraction of sp³-hybridized carbons (Fsp3) is 0.312. The fourth-order valence-electron chi connectivity index (χ4n) is 2.26. The van der Waals surface area contributed by atoms with Crippen molar-refractivity contribution in [1.29, 1.82) is 0 Å². The lowest BCUT2D eigenvalue weighted by molar-refractivity contribution is 0.102. The largest absolute Gasteiger partial charge is 0.322 e. The molecule has 1 aromatic heterocycles. The molecular formula is C16H20N2O3S2. The van der Waals surface area contributed by atoms with E-state index in [9.17, 15) is 13.2 Å². The fourth-order valence-corrected chi connectivity index (χ4v) is 4.60. The Labute approximate surface area is 141 Å². The normalized spacial score (nSPS) is 11.7. The Morgan fingerprint density at radius 1 is 1.22 bits per heavy atom. The van der Waals surface area contributed by atoms with Gasteiger partial charge < -0.3 is 5.32 Å². The second kappa shape index (κ2) is 7.25. The minimum absolute atomic E-state index is 0.226. The molecule has 0 bridgehead atoms. The average Bonchev–Trinajstić information content (AvgIpc) is 3.04. The summed E-state index contributed by atoms with van der Waals surface area (Å²) in [4.78, 5) is 12.3. The molecular weight excluding hydrogens is 332 g/mol. The number of hydrogen-bond acceptors (Lipinski definition) is 4. The van der Waals surface area contributed by atoms with Crippen molar-refractivity contribution in [3.63, 3.8) is 0 Å². The zero-order chi connectivity index (χ0) is 17.0. The average molecular weight is 352 g/mol. The highest BCUT2D eigenvalue weighted by molar-refractivity contribution is 7.89. The summed E-state index contributed by atoms with van der Waals surface area (Å²) in [5, 5.41) is 6.31. The van der Waals surface area contributed by atoms with Gasteiger partial charge in [-0.3, -0.25) is 4.79 Å². The van der Waals surface area contributed by atoms with E-state index in [1.54, 1.807) is 44.4 Å². The van der Waals surface area contributed by atoms with Gasteiger partial charge in [-0.1, -0.05) is 19.9 Å². The zero-order valence-electron chi connectivity index (χ0n) is 13.4. The number of anilines is 1. The number of aryl methyl sites for hydroxylation is 1. The molecule has 1 aromatic carbocycles. The van der Waals surface area contributed by atoms with E-state index in [1.807, 2.05) is 5.38 Å². The number of thiophene rings is 1. The van der Waals surface area contributed by atoms with Crippen molar-refractivity contribution in [2.45, 2.75) is 25.7 Å². The number of rotatable bonds is 6. The molecule has 0 atom stereocenters. The van der Waals surface area contributed by atoms with E-state index in [4.69, 9.17) is 0 Å². The second-order valence-corrected chi connectivity index (χ2v) is 7.72. The molecule has 23 heavy (non-hydrogen) atoms. The molecule has 5 nitrogen and oxygen atoms in total. The number of nitrogens with zero attached hydrogens (tertiary/aromatic N) is 1. The van der Waals surface area contributed by atoms with Crippen LogP contribution in [0.3, 0.4) is 0 Å². The number of benzene rings is 1. The van der Waals surface area contributed by atoms with Crippen LogP contribution in [0.5, 0.6) is 0 Å². The molecule has 0 fully saturated rings. The zero-order valence-corrected chi connectivity index (χ0v) is 15.0. The van der Waals surface area contributed by atoms with Gasteiger partial charge in [0.25, 0.3) is 5.91 Å². The minimum Gasteiger partial charge on any atom is -0.322 e. The lowest BCUT2D eigenvalue weighted by atomic mass is 10.2. The maximum atomic E-state index is 12.7. The Morgan fingerprint density at radius 2 is 1.91 bits per heavy atom. The summed E-state index contributed by atoms with van der Waals surface area (Å²) in [6.07, 6.45) is 0. The van der Waals surface area contributed by atoms with Crippen LogP contribution in [0.15, 0.2) is 39.9 Å². The van der Waals surface area contributed by atoms with Crippen molar-refractivity contribution >= 4 is 33.0 Å². The molecule has 0 aliphatic heterocycles. The van der Waals surface area contributed by atoms with Gasteiger partial charge in [-0.25, -0.2) is 8.42 Å². The van der Waals surface area contributed by atoms with Gasteiger partial charge in [0.1, 0.15) is 0 Å². The molecule has 2 rings (SSSR count). The topological polar surface area (TPSA) is 66.5 Å². The Bertz CT molecular complexity index is 780. The number of carbonyl (C=O) groups excluding carboxylic acids is 1. The number of sulfonamides is 1. The highest BCUT2D eigenvalue weighted by Crippen LogP contribution is 2.24. The molecule has 0 saturated carbocycles. The first-order valence-corrected chi connectivity index (χ1v) is 9.72. The molecule has 2 aromatic rings. The van der Waals surface area contributed by atoms with Crippen LogP contribution >= 0.6 is 11.3 Å². The van der Waals surface area contributed by atoms with Crippen LogP contribution in [-0.4, -0.2) is 31.7 Å². The standard InChI is InChI=1S/C16H20N2O3S2/c1-4-18(5-2)23(20,21)15-10-14(7-6-12(15)3)17-16(19)13-8-9-22-11-13/h6-11H,4-5H2,1-3H3,(H,17,19). The number of hydrogen-bond donors (Lipinski definition) is 1. The Balaban J connectivity index is 2.34. The predicted octanol–water partition coefficient (Wildman–Crippen LogP) is 3.34. The van der Waals surface area contributed by atoms with Crippen LogP contribution in [0.25, 0.3) is 0 Å². The molecule has 0 aliphatic carbocycles. The van der Waals surface area contributed by atoms with E-state index >= 15 is 0 Å². The molecule has 1 N–H and O–H groups in total. The van der Waals surface area contributed by atoms with E-state index in [0.29, 0.717) is 29.9 Å². The third kappa shape index (κ3) is 3.80. The molecule has 0 unspecified atom stereocenters.